The van der Waals surface area contributed by atoms with Gasteiger partial charge in [0, 0.05) is 0 Å². The third-order valence-electron chi connectivity index (χ3n) is 5.25. The molecule has 31 heavy (non-hydrogen) atoms. The van der Waals surface area contributed by atoms with E-state index in [1.165, 1.54) is 0 Å². The van der Waals surface area contributed by atoms with Gasteiger partial charge in [-0.15, -0.1) is 12.6 Å². The van der Waals surface area contributed by atoms with E-state index in [0.29, 0.717) is 26.4 Å². The maximum atomic E-state index is 6.30. The smallest absolute Gasteiger partial charge is 0.129 e. The van der Waals surface area contributed by atoms with E-state index in [4.69, 9.17) is 18.9 Å². The number of hydrogen-bond acceptors (Lipinski definition) is 5. The molecule has 0 spiro atoms. The van der Waals surface area contributed by atoms with Crippen molar-refractivity contribution >= 4 is 12.6 Å². The second kappa shape index (κ2) is 11.5. The molecular weight excluding hydrogens is 408 g/mol. The van der Waals surface area contributed by atoms with E-state index in [9.17, 15) is 0 Å². The van der Waals surface area contributed by atoms with E-state index < -0.39 is 0 Å². The minimum absolute atomic E-state index is 0.254. The maximum absolute atomic E-state index is 6.30. The van der Waals surface area contributed by atoms with E-state index in [2.05, 4.69) is 24.8 Å². The lowest BCUT2D eigenvalue weighted by atomic mass is 10.1. The van der Waals surface area contributed by atoms with Crippen LogP contribution in [0.2, 0.25) is 0 Å². The van der Waals surface area contributed by atoms with Crippen molar-refractivity contribution < 1.29 is 18.9 Å². The normalized spacial score (nSPS) is 23.1. The van der Waals surface area contributed by atoms with Gasteiger partial charge in [-0.3, -0.25) is 0 Å². The van der Waals surface area contributed by atoms with Gasteiger partial charge in [-0.1, -0.05) is 91.0 Å². The summed E-state index contributed by atoms with van der Waals surface area (Å²) in [4.78, 5) is 0. The average Bonchev–Trinajstić information content (AvgIpc) is 3.12. The van der Waals surface area contributed by atoms with Gasteiger partial charge < -0.3 is 18.9 Å². The van der Waals surface area contributed by atoms with Crippen LogP contribution in [0, 0.1) is 0 Å². The van der Waals surface area contributed by atoms with Gasteiger partial charge in [-0.25, -0.2) is 0 Å². The van der Waals surface area contributed by atoms with E-state index in [-0.39, 0.29) is 23.7 Å². The molecule has 0 amide bonds. The highest BCUT2D eigenvalue weighted by atomic mass is 32.1. The van der Waals surface area contributed by atoms with Crippen LogP contribution in [0.3, 0.4) is 0 Å². The topological polar surface area (TPSA) is 36.9 Å². The number of ether oxygens (including phenoxy) is 4. The van der Waals surface area contributed by atoms with Crippen LogP contribution in [0.4, 0.5) is 0 Å². The summed E-state index contributed by atoms with van der Waals surface area (Å²) in [7, 11) is 0. The Morgan fingerprint density at radius 3 is 1.58 bits per heavy atom. The molecule has 0 bridgehead atoms. The van der Waals surface area contributed by atoms with Crippen LogP contribution in [0.5, 0.6) is 0 Å². The standard InChI is InChI=1S/C26H28O4S/c31-26-25(29-18-22-14-8-3-9-15-22)24(28-17-21-12-6-2-7-13-21)23(30-26)19-27-16-20-10-4-1-5-11-20/h1-15,23-26,31H,16-19H2/t23-,24-,25+,26-/m1/s1. The molecule has 3 aromatic carbocycles. The van der Waals surface area contributed by atoms with Crippen molar-refractivity contribution in [3.8, 4) is 0 Å². The van der Waals surface area contributed by atoms with Crippen LogP contribution in [0.1, 0.15) is 16.7 Å². The van der Waals surface area contributed by atoms with Gasteiger partial charge >= 0.3 is 0 Å². The quantitative estimate of drug-likeness (QED) is 0.453. The molecule has 0 aliphatic carbocycles. The zero-order valence-electron chi connectivity index (χ0n) is 17.4. The first-order valence-corrected chi connectivity index (χ1v) is 11.1. The van der Waals surface area contributed by atoms with E-state index in [1.54, 1.807) is 0 Å². The first-order chi connectivity index (χ1) is 15.3. The highest BCUT2D eigenvalue weighted by Crippen LogP contribution is 2.30. The van der Waals surface area contributed by atoms with Crippen molar-refractivity contribution in [1.82, 2.24) is 0 Å². The molecule has 1 aliphatic rings. The van der Waals surface area contributed by atoms with Crippen molar-refractivity contribution in [3.05, 3.63) is 108 Å². The summed E-state index contributed by atoms with van der Waals surface area (Å²) in [6.45, 7) is 1.90. The van der Waals surface area contributed by atoms with Crippen LogP contribution < -0.4 is 0 Å². The maximum Gasteiger partial charge on any atom is 0.129 e. The van der Waals surface area contributed by atoms with Gasteiger partial charge in [0.25, 0.3) is 0 Å². The summed E-state index contributed by atoms with van der Waals surface area (Å²) in [6.07, 6.45) is -0.824. The van der Waals surface area contributed by atoms with Gasteiger partial charge in [0.2, 0.25) is 0 Å². The van der Waals surface area contributed by atoms with Crippen LogP contribution in [0.15, 0.2) is 91.0 Å². The predicted molar refractivity (Wildman–Crippen MR) is 124 cm³/mol. The molecule has 5 heteroatoms. The first-order valence-electron chi connectivity index (χ1n) is 10.6. The minimum atomic E-state index is -0.380. The summed E-state index contributed by atoms with van der Waals surface area (Å²) < 4.78 is 24.6. The lowest BCUT2D eigenvalue weighted by molar-refractivity contribution is -0.0895. The van der Waals surface area contributed by atoms with E-state index >= 15 is 0 Å². The fourth-order valence-electron chi connectivity index (χ4n) is 3.62. The Balaban J connectivity index is 1.39. The van der Waals surface area contributed by atoms with Crippen molar-refractivity contribution in [2.45, 2.75) is 43.6 Å². The lowest BCUT2D eigenvalue weighted by Gasteiger charge is -2.24. The molecule has 0 aromatic heterocycles. The molecule has 1 heterocycles. The van der Waals surface area contributed by atoms with Gasteiger partial charge in [0.05, 0.1) is 26.4 Å². The largest absolute Gasteiger partial charge is 0.374 e. The number of benzene rings is 3. The zero-order valence-corrected chi connectivity index (χ0v) is 18.3. The highest BCUT2D eigenvalue weighted by molar-refractivity contribution is 7.80. The monoisotopic (exact) mass is 436 g/mol. The second-order valence-electron chi connectivity index (χ2n) is 7.59. The summed E-state index contributed by atoms with van der Waals surface area (Å²) in [5.41, 5.74) is 2.96. The fourth-order valence-corrected chi connectivity index (χ4v) is 4.03. The van der Waals surface area contributed by atoms with Crippen molar-refractivity contribution in [2.24, 2.45) is 0 Å². The van der Waals surface area contributed by atoms with Gasteiger partial charge in [0.15, 0.2) is 0 Å². The molecule has 4 atom stereocenters. The van der Waals surface area contributed by atoms with Crippen molar-refractivity contribution in [1.29, 1.82) is 0 Å². The Kier molecular flexibility index (Phi) is 8.16. The average molecular weight is 437 g/mol. The molecule has 0 N–H and O–H groups in total. The summed E-state index contributed by atoms with van der Waals surface area (Å²) in [5.74, 6) is 0. The molecule has 0 saturated carbocycles. The van der Waals surface area contributed by atoms with E-state index in [0.717, 1.165) is 16.7 Å². The molecule has 0 unspecified atom stereocenters. The zero-order chi connectivity index (χ0) is 21.3. The predicted octanol–water partition coefficient (Wildman–Crippen LogP) is 5.03. The number of hydrogen-bond donors (Lipinski definition) is 1. The van der Waals surface area contributed by atoms with Crippen molar-refractivity contribution in [3.63, 3.8) is 0 Å². The Morgan fingerprint density at radius 2 is 1.06 bits per heavy atom. The minimum Gasteiger partial charge on any atom is -0.374 e. The molecule has 1 saturated heterocycles. The Hall–Kier alpha value is -2.15. The lowest BCUT2D eigenvalue weighted by Crippen LogP contribution is -2.38. The van der Waals surface area contributed by atoms with Crippen LogP contribution in [0.25, 0.3) is 0 Å². The molecule has 162 valence electrons. The molecule has 3 aromatic rings. The van der Waals surface area contributed by atoms with Crippen LogP contribution in [-0.4, -0.2) is 30.4 Å². The second-order valence-corrected chi connectivity index (χ2v) is 8.10. The Labute approximate surface area is 189 Å². The molecule has 4 nitrogen and oxygen atoms in total. The van der Waals surface area contributed by atoms with Gasteiger partial charge in [0.1, 0.15) is 23.7 Å². The summed E-state index contributed by atoms with van der Waals surface area (Å²) >= 11 is 4.64. The Morgan fingerprint density at radius 1 is 0.613 bits per heavy atom. The molecule has 1 aliphatic heterocycles. The molecular formula is C26H28O4S. The van der Waals surface area contributed by atoms with Crippen LogP contribution >= 0.6 is 12.6 Å². The van der Waals surface area contributed by atoms with Crippen LogP contribution in [-0.2, 0) is 38.8 Å². The molecule has 0 radical (unpaired) electrons. The van der Waals surface area contributed by atoms with Crippen molar-refractivity contribution in [2.75, 3.05) is 6.61 Å². The molecule has 4 rings (SSSR count). The van der Waals surface area contributed by atoms with Gasteiger partial charge in [-0.2, -0.15) is 0 Å². The molecule has 1 fully saturated rings. The Bertz CT molecular complexity index is 891. The SMILES string of the molecule is S[C@H]1O[C@H](COCc2ccccc2)[C@@H](OCc2ccccc2)[C@@H]1OCc1ccccc1. The number of thiol groups is 1. The number of rotatable bonds is 10. The van der Waals surface area contributed by atoms with E-state index in [1.807, 2.05) is 78.9 Å². The third kappa shape index (κ3) is 6.42. The highest BCUT2D eigenvalue weighted by Gasteiger charge is 2.45. The van der Waals surface area contributed by atoms with Gasteiger partial charge in [-0.05, 0) is 16.7 Å². The third-order valence-corrected chi connectivity index (χ3v) is 5.67. The first kappa shape index (κ1) is 22.1. The fraction of sp³-hybridized carbons (Fsp3) is 0.308. The summed E-state index contributed by atoms with van der Waals surface area (Å²) in [5, 5.41) is 0. The summed E-state index contributed by atoms with van der Waals surface area (Å²) in [6, 6.07) is 30.3.